The molecule has 0 amide bonds. The summed E-state index contributed by atoms with van der Waals surface area (Å²) in [7, 11) is 1.41. The Morgan fingerprint density at radius 3 is 2.82 bits per heavy atom. The number of ether oxygens (including phenoxy) is 1. The smallest absolute Gasteiger partial charge is 0.325 e. The van der Waals surface area contributed by atoms with Gasteiger partial charge in [0.1, 0.15) is 5.54 Å². The Balaban J connectivity index is 2.51. The topological polar surface area (TPSA) is 43.3 Å². The fraction of sp³-hybridized carbons (Fsp3) is 0.615. The van der Waals surface area contributed by atoms with E-state index in [1.807, 2.05) is 13.8 Å². The molecule has 4 nitrogen and oxygen atoms in total. The Morgan fingerprint density at radius 1 is 1.53 bits per heavy atom. The Morgan fingerprint density at radius 2 is 2.24 bits per heavy atom. The standard InChI is InChI=1S/C13H22N2O2/c1-5-7-15-8-6-11(10-15)9-14-13(2,3)12(16)17-4/h6,8,10,14H,5,7,9H2,1-4H3. The molecule has 1 rings (SSSR count). The molecule has 96 valence electrons. The summed E-state index contributed by atoms with van der Waals surface area (Å²) in [4.78, 5) is 11.5. The van der Waals surface area contributed by atoms with E-state index in [4.69, 9.17) is 4.74 Å². The van der Waals surface area contributed by atoms with Gasteiger partial charge in [0.05, 0.1) is 7.11 Å². The molecule has 1 N–H and O–H groups in total. The molecule has 1 aromatic heterocycles. The van der Waals surface area contributed by atoms with Crippen molar-refractivity contribution in [3.05, 3.63) is 24.0 Å². The molecule has 4 heteroatoms. The number of aryl methyl sites for hydroxylation is 1. The summed E-state index contributed by atoms with van der Waals surface area (Å²) in [6, 6.07) is 2.07. The molecule has 17 heavy (non-hydrogen) atoms. The van der Waals surface area contributed by atoms with E-state index in [1.165, 1.54) is 12.7 Å². The summed E-state index contributed by atoms with van der Waals surface area (Å²) < 4.78 is 6.90. The van der Waals surface area contributed by atoms with E-state index >= 15 is 0 Å². The molecular formula is C13H22N2O2. The number of nitrogens with zero attached hydrogens (tertiary/aromatic N) is 1. The van der Waals surface area contributed by atoms with Crippen LogP contribution in [0.3, 0.4) is 0 Å². The van der Waals surface area contributed by atoms with Gasteiger partial charge in [-0.1, -0.05) is 6.92 Å². The van der Waals surface area contributed by atoms with E-state index in [9.17, 15) is 4.79 Å². The second-order valence-corrected chi connectivity index (χ2v) is 4.73. The van der Waals surface area contributed by atoms with Gasteiger partial charge in [-0.3, -0.25) is 10.1 Å². The van der Waals surface area contributed by atoms with Gasteiger partial charge in [-0.25, -0.2) is 0 Å². The average molecular weight is 238 g/mol. The quantitative estimate of drug-likeness (QED) is 0.770. The van der Waals surface area contributed by atoms with Gasteiger partial charge in [0.15, 0.2) is 0 Å². The first kappa shape index (κ1) is 13.8. The number of carbonyl (C=O) groups excluding carboxylic acids is 1. The molecule has 1 heterocycles. The lowest BCUT2D eigenvalue weighted by Crippen LogP contribution is -2.46. The second kappa shape index (κ2) is 5.87. The maximum atomic E-state index is 11.5. The first-order valence-electron chi connectivity index (χ1n) is 5.97. The lowest BCUT2D eigenvalue weighted by Gasteiger charge is -2.22. The number of esters is 1. The zero-order valence-electron chi connectivity index (χ0n) is 11.1. The number of carbonyl (C=O) groups is 1. The van der Waals surface area contributed by atoms with Gasteiger partial charge in [0.2, 0.25) is 0 Å². The molecule has 0 spiro atoms. The second-order valence-electron chi connectivity index (χ2n) is 4.73. The maximum absolute atomic E-state index is 11.5. The minimum absolute atomic E-state index is 0.245. The zero-order chi connectivity index (χ0) is 12.9. The van der Waals surface area contributed by atoms with Crippen LogP contribution in [-0.2, 0) is 22.6 Å². The molecule has 0 bridgehead atoms. The van der Waals surface area contributed by atoms with E-state index in [1.54, 1.807) is 0 Å². The first-order valence-corrected chi connectivity index (χ1v) is 5.97. The van der Waals surface area contributed by atoms with Gasteiger partial charge in [-0.2, -0.15) is 0 Å². The number of methoxy groups -OCH3 is 1. The molecule has 1 aromatic rings. The van der Waals surface area contributed by atoms with Crippen molar-refractivity contribution in [2.75, 3.05) is 7.11 Å². The molecule has 0 atom stereocenters. The lowest BCUT2D eigenvalue weighted by atomic mass is 10.1. The summed E-state index contributed by atoms with van der Waals surface area (Å²) >= 11 is 0. The SMILES string of the molecule is CCCn1ccc(CNC(C)(C)C(=O)OC)c1. The Bertz CT molecular complexity index is 369. The maximum Gasteiger partial charge on any atom is 0.325 e. The summed E-state index contributed by atoms with van der Waals surface area (Å²) in [5.74, 6) is -0.245. The first-order chi connectivity index (χ1) is 7.99. The van der Waals surface area contributed by atoms with Crippen LogP contribution in [0, 0.1) is 0 Å². The highest BCUT2D eigenvalue weighted by Crippen LogP contribution is 2.08. The van der Waals surface area contributed by atoms with Crippen LogP contribution >= 0.6 is 0 Å². The fourth-order valence-corrected chi connectivity index (χ4v) is 1.64. The molecule has 0 saturated heterocycles. The van der Waals surface area contributed by atoms with Crippen LogP contribution < -0.4 is 5.32 Å². The molecule has 0 fully saturated rings. The molecule has 0 unspecified atom stereocenters. The molecule has 0 aliphatic heterocycles. The van der Waals surface area contributed by atoms with Crippen LogP contribution in [0.15, 0.2) is 18.5 Å². The highest BCUT2D eigenvalue weighted by Gasteiger charge is 2.27. The molecule has 0 saturated carbocycles. The number of hydrogen-bond acceptors (Lipinski definition) is 3. The van der Waals surface area contributed by atoms with Crippen LogP contribution in [0.25, 0.3) is 0 Å². The summed E-state index contributed by atoms with van der Waals surface area (Å²) in [5.41, 5.74) is 0.525. The summed E-state index contributed by atoms with van der Waals surface area (Å²) in [5, 5.41) is 3.19. The van der Waals surface area contributed by atoms with E-state index < -0.39 is 5.54 Å². The number of hydrogen-bond donors (Lipinski definition) is 1. The van der Waals surface area contributed by atoms with E-state index in [2.05, 4.69) is 35.3 Å². The lowest BCUT2D eigenvalue weighted by molar-refractivity contribution is -0.147. The third-order valence-corrected chi connectivity index (χ3v) is 2.72. The predicted octanol–water partition coefficient (Wildman–Crippen LogP) is 1.94. The normalized spacial score (nSPS) is 11.5. The number of rotatable bonds is 6. The van der Waals surface area contributed by atoms with Gasteiger partial charge < -0.3 is 9.30 Å². The van der Waals surface area contributed by atoms with Crippen LogP contribution in [0.2, 0.25) is 0 Å². The predicted molar refractivity (Wildman–Crippen MR) is 67.7 cm³/mol. The van der Waals surface area contributed by atoms with Gasteiger partial charge in [0.25, 0.3) is 0 Å². The average Bonchev–Trinajstić information content (AvgIpc) is 2.74. The van der Waals surface area contributed by atoms with Crippen molar-refractivity contribution in [1.29, 1.82) is 0 Å². The minimum atomic E-state index is -0.651. The number of aromatic nitrogens is 1. The van der Waals surface area contributed by atoms with Crippen molar-refractivity contribution in [1.82, 2.24) is 9.88 Å². The van der Waals surface area contributed by atoms with E-state index in [0.29, 0.717) is 6.54 Å². The van der Waals surface area contributed by atoms with Crippen LogP contribution in [0.1, 0.15) is 32.8 Å². The zero-order valence-corrected chi connectivity index (χ0v) is 11.1. The highest BCUT2D eigenvalue weighted by molar-refractivity contribution is 5.79. The fourth-order valence-electron chi connectivity index (χ4n) is 1.64. The van der Waals surface area contributed by atoms with Crippen LogP contribution in [-0.4, -0.2) is 23.2 Å². The summed E-state index contributed by atoms with van der Waals surface area (Å²) in [6.45, 7) is 7.49. The van der Waals surface area contributed by atoms with Gasteiger partial charge >= 0.3 is 5.97 Å². The van der Waals surface area contributed by atoms with E-state index in [0.717, 1.165) is 13.0 Å². The molecular weight excluding hydrogens is 216 g/mol. The Hall–Kier alpha value is -1.29. The van der Waals surface area contributed by atoms with Crippen LogP contribution in [0.4, 0.5) is 0 Å². The number of nitrogens with one attached hydrogen (secondary N) is 1. The van der Waals surface area contributed by atoms with Crippen molar-refractivity contribution in [3.8, 4) is 0 Å². The third-order valence-electron chi connectivity index (χ3n) is 2.72. The molecule has 0 aliphatic rings. The van der Waals surface area contributed by atoms with Crippen molar-refractivity contribution < 1.29 is 9.53 Å². The van der Waals surface area contributed by atoms with Crippen molar-refractivity contribution in [3.63, 3.8) is 0 Å². The van der Waals surface area contributed by atoms with E-state index in [-0.39, 0.29) is 5.97 Å². The van der Waals surface area contributed by atoms with Gasteiger partial charge in [-0.15, -0.1) is 0 Å². The van der Waals surface area contributed by atoms with Crippen molar-refractivity contribution >= 4 is 5.97 Å². The minimum Gasteiger partial charge on any atom is -0.468 e. The Labute approximate surface area is 103 Å². The molecule has 0 aliphatic carbocycles. The Kier molecular flexibility index (Phi) is 4.75. The monoisotopic (exact) mass is 238 g/mol. The summed E-state index contributed by atoms with van der Waals surface area (Å²) in [6.07, 6.45) is 5.28. The van der Waals surface area contributed by atoms with Crippen molar-refractivity contribution in [2.24, 2.45) is 0 Å². The molecule has 0 aromatic carbocycles. The largest absolute Gasteiger partial charge is 0.468 e. The van der Waals surface area contributed by atoms with Crippen LogP contribution in [0.5, 0.6) is 0 Å². The highest BCUT2D eigenvalue weighted by atomic mass is 16.5. The van der Waals surface area contributed by atoms with Crippen molar-refractivity contribution in [2.45, 2.75) is 45.8 Å². The van der Waals surface area contributed by atoms with Gasteiger partial charge in [-0.05, 0) is 31.9 Å². The molecule has 0 radical (unpaired) electrons. The van der Waals surface area contributed by atoms with Gasteiger partial charge in [0, 0.05) is 25.5 Å². The third kappa shape index (κ3) is 3.89.